The molecule has 12 nitrogen and oxygen atoms in total. The van der Waals surface area contributed by atoms with E-state index in [1.807, 2.05) is 71.9 Å². The van der Waals surface area contributed by atoms with Crippen molar-refractivity contribution in [2.24, 2.45) is 0 Å². The van der Waals surface area contributed by atoms with Gasteiger partial charge >= 0.3 is 5.97 Å². The molecular weight excluding hydrogens is 731 g/mol. The number of benzene rings is 2. The molecule has 0 spiro atoms. The lowest BCUT2D eigenvalue weighted by Gasteiger charge is -2.17. The highest BCUT2D eigenvalue weighted by molar-refractivity contribution is 6.37. The van der Waals surface area contributed by atoms with Crippen LogP contribution in [0.4, 0.5) is 22.7 Å². The number of phenolic OH excluding ortho intramolecular Hbond substituents is 1. The van der Waals surface area contributed by atoms with Gasteiger partial charge in [0.25, 0.3) is 0 Å². The van der Waals surface area contributed by atoms with Gasteiger partial charge in [0.1, 0.15) is 22.8 Å². The molecule has 2 aromatic carbocycles. The Morgan fingerprint density at radius 1 is 0.759 bits per heavy atom. The Morgan fingerprint density at radius 2 is 1.31 bits per heavy atom. The van der Waals surface area contributed by atoms with Gasteiger partial charge in [-0.05, 0) is 102 Å². The first kappa shape index (κ1) is 39.6. The second kappa shape index (κ2) is 17.5. The quantitative estimate of drug-likeness (QED) is 0.0849. The van der Waals surface area contributed by atoms with Crippen molar-refractivity contribution in [3.8, 4) is 23.0 Å². The number of phenols is 1. The summed E-state index contributed by atoms with van der Waals surface area (Å²) in [7, 11) is 1.65. The Labute approximate surface area is 323 Å². The summed E-state index contributed by atoms with van der Waals surface area (Å²) in [5, 5.41) is 18.1. The molecule has 0 aliphatic heterocycles. The molecule has 0 bridgehead atoms. The van der Waals surface area contributed by atoms with Crippen molar-refractivity contribution in [2.45, 2.75) is 48.5 Å². The molecule has 0 unspecified atom stereocenters. The van der Waals surface area contributed by atoms with Crippen molar-refractivity contribution in [1.82, 2.24) is 19.9 Å². The van der Waals surface area contributed by atoms with Crippen molar-refractivity contribution >= 4 is 74.0 Å². The molecule has 54 heavy (non-hydrogen) atoms. The maximum Gasteiger partial charge on any atom is 0.341 e. The first-order chi connectivity index (χ1) is 25.9. The lowest BCUT2D eigenvalue weighted by molar-refractivity contribution is 0.0527. The van der Waals surface area contributed by atoms with E-state index in [2.05, 4.69) is 30.6 Å². The predicted octanol–water partition coefficient (Wildman–Crippen LogP) is 9.98. The molecule has 0 atom stereocenters. The van der Waals surface area contributed by atoms with Gasteiger partial charge in [-0.2, -0.15) is 0 Å². The number of hydrogen-bond donors (Lipinski definition) is 3. The van der Waals surface area contributed by atoms with Crippen LogP contribution in [-0.4, -0.2) is 57.9 Å². The van der Waals surface area contributed by atoms with Crippen LogP contribution in [0, 0.1) is 27.7 Å². The van der Waals surface area contributed by atoms with Gasteiger partial charge in [0.15, 0.2) is 17.0 Å². The molecule has 0 radical (unpaired) electrons. The topological polar surface area (TPSA) is 150 Å². The van der Waals surface area contributed by atoms with E-state index in [9.17, 15) is 9.90 Å². The number of fused-ring (bicyclic) bond motifs is 2. The molecular formula is C40H42Cl2N6O6. The zero-order valence-electron chi connectivity index (χ0n) is 31.4. The van der Waals surface area contributed by atoms with Crippen molar-refractivity contribution in [1.29, 1.82) is 0 Å². The van der Waals surface area contributed by atoms with Gasteiger partial charge in [-0.1, -0.05) is 23.2 Å². The van der Waals surface area contributed by atoms with Crippen molar-refractivity contribution in [2.75, 3.05) is 37.6 Å². The Morgan fingerprint density at radius 3 is 1.87 bits per heavy atom. The molecule has 6 rings (SSSR count). The maximum atomic E-state index is 12.6. The van der Waals surface area contributed by atoms with Crippen LogP contribution in [0.1, 0.15) is 53.6 Å². The number of methoxy groups -OCH3 is 1. The van der Waals surface area contributed by atoms with Gasteiger partial charge in [0.2, 0.25) is 0 Å². The number of hydrogen-bond acceptors (Lipinski definition) is 12. The van der Waals surface area contributed by atoms with Crippen LogP contribution in [-0.2, 0) is 4.74 Å². The number of aromatic hydroxyl groups is 1. The number of esters is 1. The van der Waals surface area contributed by atoms with Gasteiger partial charge in [0, 0.05) is 34.5 Å². The average Bonchev–Trinajstić information content (AvgIpc) is 3.12. The maximum absolute atomic E-state index is 12.6. The van der Waals surface area contributed by atoms with Crippen LogP contribution >= 0.6 is 23.2 Å². The van der Waals surface area contributed by atoms with Crippen LogP contribution in [0.25, 0.3) is 22.1 Å². The molecule has 0 saturated heterocycles. The van der Waals surface area contributed by atoms with Gasteiger partial charge in [-0.15, -0.1) is 0 Å². The van der Waals surface area contributed by atoms with Crippen molar-refractivity contribution < 1.29 is 28.8 Å². The number of nitrogens with zero attached hydrogens (tertiary/aromatic N) is 4. The van der Waals surface area contributed by atoms with Crippen molar-refractivity contribution in [3.63, 3.8) is 0 Å². The number of carbonyl (C=O) groups is 1. The lowest BCUT2D eigenvalue weighted by atomic mass is 10.1. The van der Waals surface area contributed by atoms with E-state index in [0.29, 0.717) is 58.3 Å². The normalized spacial score (nSPS) is 10.8. The van der Waals surface area contributed by atoms with Crippen LogP contribution in [0.15, 0.2) is 54.9 Å². The summed E-state index contributed by atoms with van der Waals surface area (Å²) < 4.78 is 22.0. The van der Waals surface area contributed by atoms with Gasteiger partial charge in [-0.3, -0.25) is 0 Å². The fraction of sp³-hybridized carbons (Fsp3) is 0.275. The van der Waals surface area contributed by atoms with Gasteiger partial charge < -0.3 is 34.7 Å². The second-order valence-electron chi connectivity index (χ2n) is 12.1. The molecule has 0 amide bonds. The SMILES string of the molecule is CCOC(=O)c1cnc2nc(C)c(OCC)cc2c1Nc1cc(C)c(OC)c(C)c1.CCOc1cc2c(Nc3cc(Cl)c(O)c(Cl)c3)ccnc2nc1C. The molecule has 6 aromatic rings. The zero-order valence-corrected chi connectivity index (χ0v) is 32.9. The molecule has 0 aliphatic carbocycles. The first-order valence-electron chi connectivity index (χ1n) is 17.3. The highest BCUT2D eigenvalue weighted by atomic mass is 35.5. The van der Waals surface area contributed by atoms with E-state index in [0.717, 1.165) is 45.0 Å². The Balaban J connectivity index is 0.000000213. The van der Waals surface area contributed by atoms with Gasteiger partial charge in [-0.25, -0.2) is 24.7 Å². The minimum Gasteiger partial charge on any atom is -0.505 e. The number of pyridine rings is 4. The van der Waals surface area contributed by atoms with E-state index < -0.39 is 5.97 Å². The summed E-state index contributed by atoms with van der Waals surface area (Å²) >= 11 is 11.9. The van der Waals surface area contributed by atoms with Gasteiger partial charge in [0.05, 0.1) is 59.7 Å². The van der Waals surface area contributed by atoms with Crippen molar-refractivity contribution in [3.05, 3.63) is 93.0 Å². The molecule has 3 N–H and O–H groups in total. The van der Waals surface area contributed by atoms with Crippen LogP contribution in [0.5, 0.6) is 23.0 Å². The number of ether oxygens (including phenoxy) is 4. The third-order valence-electron chi connectivity index (χ3n) is 8.20. The Bertz CT molecular complexity index is 2290. The highest BCUT2D eigenvalue weighted by Gasteiger charge is 2.20. The molecule has 4 heterocycles. The number of rotatable bonds is 11. The summed E-state index contributed by atoms with van der Waals surface area (Å²) in [4.78, 5) is 30.4. The summed E-state index contributed by atoms with van der Waals surface area (Å²) in [5.74, 6) is 1.61. The molecule has 0 fully saturated rings. The van der Waals surface area contributed by atoms with E-state index in [1.165, 1.54) is 6.20 Å². The minimum absolute atomic E-state index is 0.139. The lowest BCUT2D eigenvalue weighted by Crippen LogP contribution is -2.10. The van der Waals surface area contributed by atoms with Crippen LogP contribution in [0.2, 0.25) is 10.0 Å². The van der Waals surface area contributed by atoms with E-state index in [4.69, 9.17) is 42.1 Å². The Kier molecular flexibility index (Phi) is 12.8. The molecule has 282 valence electrons. The van der Waals surface area contributed by atoms with Crippen LogP contribution < -0.4 is 24.8 Å². The molecule has 14 heteroatoms. The predicted molar refractivity (Wildman–Crippen MR) is 214 cm³/mol. The number of aromatic nitrogens is 4. The third-order valence-corrected chi connectivity index (χ3v) is 8.78. The smallest absolute Gasteiger partial charge is 0.341 e. The van der Waals surface area contributed by atoms with E-state index in [-0.39, 0.29) is 22.4 Å². The first-order valence-corrected chi connectivity index (χ1v) is 18.0. The zero-order chi connectivity index (χ0) is 39.1. The minimum atomic E-state index is -0.449. The number of halogens is 2. The third kappa shape index (κ3) is 8.78. The van der Waals surface area contributed by atoms with E-state index >= 15 is 0 Å². The summed E-state index contributed by atoms with van der Waals surface area (Å²) in [6, 6.07) is 12.7. The highest BCUT2D eigenvalue weighted by Crippen LogP contribution is 2.38. The number of carbonyl (C=O) groups excluding carboxylic acids is 1. The second-order valence-corrected chi connectivity index (χ2v) is 12.9. The molecule has 4 aromatic heterocycles. The fourth-order valence-electron chi connectivity index (χ4n) is 5.83. The molecule has 0 saturated carbocycles. The Hall–Kier alpha value is -5.59. The van der Waals surface area contributed by atoms with E-state index in [1.54, 1.807) is 32.4 Å². The number of nitrogens with one attached hydrogen (secondary N) is 2. The summed E-state index contributed by atoms with van der Waals surface area (Å²) in [6.07, 6.45) is 3.17. The molecule has 0 aliphatic rings. The average molecular weight is 774 g/mol. The fourth-order valence-corrected chi connectivity index (χ4v) is 6.31. The standard InChI is InChI=1S/C23H27N3O4.C17H15Cl2N3O2/c1-7-29-19-11-17-20(26-16-9-13(3)21(28-6)14(4)10-16)18(23(27)30-8-2)12-24-22(17)25-15(19)5;1-3-24-15-8-11-14(4-5-20-17(11)21-9(15)2)22-10-6-12(18)16(23)13(19)7-10/h9-12H,7-8H2,1-6H3,(H,24,25,26);4-8,23H,3H2,1-2H3,(H,20,21,22). The summed E-state index contributed by atoms with van der Waals surface area (Å²) in [5.41, 5.74) is 7.79. The monoisotopic (exact) mass is 772 g/mol. The number of anilines is 4. The summed E-state index contributed by atoms with van der Waals surface area (Å²) in [6.45, 7) is 14.7. The largest absolute Gasteiger partial charge is 0.505 e. The number of aryl methyl sites for hydroxylation is 4. The van der Waals surface area contributed by atoms with Crippen LogP contribution in [0.3, 0.4) is 0 Å².